The first-order valence-electron chi connectivity index (χ1n) is 7.61. The molecule has 6 nitrogen and oxygen atoms in total. The number of aliphatic hydroxyl groups excluding tert-OH is 1. The first-order valence-corrected chi connectivity index (χ1v) is 7.61. The van der Waals surface area contributed by atoms with E-state index in [4.69, 9.17) is 0 Å². The zero-order valence-electron chi connectivity index (χ0n) is 13.3. The van der Waals surface area contributed by atoms with Crippen molar-refractivity contribution in [3.8, 4) is 0 Å². The Bertz CT molecular complexity index is 412. The van der Waals surface area contributed by atoms with E-state index in [9.17, 15) is 5.11 Å². The predicted octanol–water partition coefficient (Wildman–Crippen LogP) is 0.348. The largest absolute Gasteiger partial charge is 0.390 e. The van der Waals surface area contributed by atoms with Crippen LogP contribution in [0.3, 0.4) is 0 Å². The highest BCUT2D eigenvalue weighted by molar-refractivity contribution is 5.29. The van der Waals surface area contributed by atoms with Gasteiger partial charge in [-0.05, 0) is 26.8 Å². The molecule has 0 amide bonds. The van der Waals surface area contributed by atoms with Crippen LogP contribution < -0.4 is 10.2 Å². The Morgan fingerprint density at radius 2 is 1.81 bits per heavy atom. The lowest BCUT2D eigenvalue weighted by molar-refractivity contribution is 0.102. The van der Waals surface area contributed by atoms with E-state index in [1.165, 1.54) is 0 Å². The van der Waals surface area contributed by atoms with Crippen LogP contribution in [0.25, 0.3) is 0 Å². The number of nitrogens with one attached hydrogen (secondary N) is 1. The molecular weight excluding hydrogens is 266 g/mol. The molecule has 2 heterocycles. The van der Waals surface area contributed by atoms with Gasteiger partial charge < -0.3 is 15.3 Å². The summed E-state index contributed by atoms with van der Waals surface area (Å²) in [6.07, 6.45) is 3.22. The maximum Gasteiger partial charge on any atom is 0.225 e. The van der Waals surface area contributed by atoms with Gasteiger partial charge in [-0.2, -0.15) is 0 Å². The van der Waals surface area contributed by atoms with Crippen molar-refractivity contribution in [2.24, 2.45) is 0 Å². The highest BCUT2D eigenvalue weighted by atomic mass is 16.3. The summed E-state index contributed by atoms with van der Waals surface area (Å²) in [5.74, 6) is 0.798. The number of piperazine rings is 1. The lowest BCUT2D eigenvalue weighted by atomic mass is 10.1. The summed E-state index contributed by atoms with van der Waals surface area (Å²) in [6, 6.07) is 1.83. The summed E-state index contributed by atoms with van der Waals surface area (Å²) in [4.78, 5) is 13.1. The fourth-order valence-corrected chi connectivity index (χ4v) is 2.37. The third-order valence-electron chi connectivity index (χ3n) is 3.54. The van der Waals surface area contributed by atoms with Crippen molar-refractivity contribution < 1.29 is 5.11 Å². The maximum atomic E-state index is 10.1. The van der Waals surface area contributed by atoms with Gasteiger partial charge in [-0.1, -0.05) is 0 Å². The first-order chi connectivity index (χ1) is 9.94. The van der Waals surface area contributed by atoms with Crippen LogP contribution in [0.15, 0.2) is 18.5 Å². The summed E-state index contributed by atoms with van der Waals surface area (Å²) >= 11 is 0. The molecule has 0 saturated carbocycles. The van der Waals surface area contributed by atoms with Gasteiger partial charge in [-0.3, -0.25) is 4.90 Å². The molecular formula is C15H27N5O. The van der Waals surface area contributed by atoms with Crippen LogP contribution in [-0.4, -0.2) is 70.9 Å². The molecule has 0 aliphatic carbocycles. The number of aliphatic hydroxyl groups is 1. The van der Waals surface area contributed by atoms with Crippen LogP contribution in [0.2, 0.25) is 0 Å². The van der Waals surface area contributed by atoms with Crippen LogP contribution >= 0.6 is 0 Å². The normalized spacial score (nSPS) is 18.8. The van der Waals surface area contributed by atoms with Crippen molar-refractivity contribution in [1.82, 2.24) is 20.2 Å². The number of hydrogen-bond acceptors (Lipinski definition) is 6. The Kier molecular flexibility index (Phi) is 5.50. The molecule has 1 aromatic rings. The van der Waals surface area contributed by atoms with Crippen molar-refractivity contribution in [2.45, 2.75) is 32.4 Å². The second-order valence-electron chi connectivity index (χ2n) is 6.62. The molecule has 2 N–H and O–H groups in total. The number of aromatic nitrogens is 2. The number of anilines is 1. The molecule has 1 fully saturated rings. The lowest BCUT2D eigenvalue weighted by Crippen LogP contribution is -2.51. The minimum Gasteiger partial charge on any atom is -0.390 e. The van der Waals surface area contributed by atoms with Gasteiger partial charge >= 0.3 is 0 Å². The van der Waals surface area contributed by atoms with Crippen LogP contribution in [0, 0.1) is 0 Å². The highest BCUT2D eigenvalue weighted by Gasteiger charge is 2.21. The van der Waals surface area contributed by atoms with E-state index in [-0.39, 0.29) is 11.6 Å². The van der Waals surface area contributed by atoms with Crippen molar-refractivity contribution in [1.29, 1.82) is 0 Å². The Morgan fingerprint density at radius 1 is 1.19 bits per heavy atom. The van der Waals surface area contributed by atoms with Crippen molar-refractivity contribution >= 4 is 5.95 Å². The molecule has 118 valence electrons. The summed E-state index contributed by atoms with van der Waals surface area (Å²) < 4.78 is 0. The van der Waals surface area contributed by atoms with E-state index in [1.54, 1.807) is 12.4 Å². The predicted molar refractivity (Wildman–Crippen MR) is 84.4 cm³/mol. The molecule has 2 rings (SSSR count). The zero-order chi connectivity index (χ0) is 15.3. The van der Waals surface area contributed by atoms with Gasteiger partial charge in [0.2, 0.25) is 5.95 Å². The summed E-state index contributed by atoms with van der Waals surface area (Å²) in [7, 11) is 0. The molecule has 0 aromatic carbocycles. The molecule has 0 bridgehead atoms. The monoisotopic (exact) mass is 293 g/mol. The molecule has 6 heteroatoms. The molecule has 1 aromatic heterocycles. The average molecular weight is 293 g/mol. The summed E-state index contributed by atoms with van der Waals surface area (Å²) in [6.45, 7) is 11.4. The zero-order valence-corrected chi connectivity index (χ0v) is 13.3. The van der Waals surface area contributed by atoms with E-state index in [0.29, 0.717) is 13.1 Å². The van der Waals surface area contributed by atoms with E-state index >= 15 is 0 Å². The third kappa shape index (κ3) is 5.57. The van der Waals surface area contributed by atoms with Crippen molar-refractivity contribution in [3.63, 3.8) is 0 Å². The highest BCUT2D eigenvalue weighted by Crippen LogP contribution is 2.10. The van der Waals surface area contributed by atoms with Crippen LogP contribution in [-0.2, 0) is 0 Å². The standard InChI is InChI=1S/C15H27N5O/c1-15(2,3)18-11-13(21)12-19-7-9-20(10-8-19)14-16-5-4-6-17-14/h4-6,13,18,21H,7-12H2,1-3H3. The van der Waals surface area contributed by atoms with Crippen LogP contribution in [0.4, 0.5) is 5.95 Å². The first kappa shape index (κ1) is 16.1. The molecule has 1 aliphatic rings. The van der Waals surface area contributed by atoms with Crippen LogP contribution in [0.5, 0.6) is 0 Å². The Labute approximate surface area is 127 Å². The molecule has 21 heavy (non-hydrogen) atoms. The number of hydrogen-bond donors (Lipinski definition) is 2. The number of β-amino-alcohol motifs (C(OH)–C–C–N with tert-alkyl or cyclic N) is 1. The van der Waals surface area contributed by atoms with Crippen molar-refractivity contribution in [2.75, 3.05) is 44.2 Å². The Morgan fingerprint density at radius 3 is 2.38 bits per heavy atom. The molecule has 1 atom stereocenters. The fourth-order valence-electron chi connectivity index (χ4n) is 2.37. The second kappa shape index (κ2) is 7.15. The number of rotatable bonds is 5. The van der Waals surface area contributed by atoms with E-state index in [0.717, 1.165) is 32.1 Å². The van der Waals surface area contributed by atoms with Gasteiger partial charge in [0, 0.05) is 57.2 Å². The Balaban J connectivity index is 1.72. The molecule has 1 saturated heterocycles. The average Bonchev–Trinajstić information content (AvgIpc) is 2.46. The third-order valence-corrected chi connectivity index (χ3v) is 3.54. The molecule has 0 spiro atoms. The molecule has 1 unspecified atom stereocenters. The number of nitrogens with zero attached hydrogens (tertiary/aromatic N) is 4. The molecule has 1 aliphatic heterocycles. The van der Waals surface area contributed by atoms with Gasteiger partial charge in [0.05, 0.1) is 6.10 Å². The summed E-state index contributed by atoms with van der Waals surface area (Å²) in [5, 5.41) is 13.4. The fraction of sp³-hybridized carbons (Fsp3) is 0.733. The second-order valence-corrected chi connectivity index (χ2v) is 6.62. The van der Waals surface area contributed by atoms with Gasteiger partial charge in [-0.25, -0.2) is 9.97 Å². The Hall–Kier alpha value is -1.24. The smallest absolute Gasteiger partial charge is 0.225 e. The minimum atomic E-state index is -0.330. The van der Waals surface area contributed by atoms with Gasteiger partial charge in [0.15, 0.2) is 0 Å². The lowest BCUT2D eigenvalue weighted by Gasteiger charge is -2.36. The van der Waals surface area contributed by atoms with E-state index < -0.39 is 0 Å². The van der Waals surface area contributed by atoms with Crippen LogP contribution in [0.1, 0.15) is 20.8 Å². The topological polar surface area (TPSA) is 64.5 Å². The van der Waals surface area contributed by atoms with E-state index in [2.05, 4.69) is 45.9 Å². The minimum absolute atomic E-state index is 0.0460. The van der Waals surface area contributed by atoms with Gasteiger partial charge in [0.25, 0.3) is 0 Å². The quantitative estimate of drug-likeness (QED) is 0.817. The van der Waals surface area contributed by atoms with Gasteiger partial charge in [0.1, 0.15) is 0 Å². The van der Waals surface area contributed by atoms with Gasteiger partial charge in [-0.15, -0.1) is 0 Å². The van der Waals surface area contributed by atoms with Crippen molar-refractivity contribution in [3.05, 3.63) is 18.5 Å². The summed E-state index contributed by atoms with van der Waals surface area (Å²) in [5.41, 5.74) is 0.0460. The van der Waals surface area contributed by atoms with E-state index in [1.807, 2.05) is 6.07 Å². The maximum absolute atomic E-state index is 10.1. The SMILES string of the molecule is CC(C)(C)NCC(O)CN1CCN(c2ncccn2)CC1. The molecule has 0 radical (unpaired) electrons.